The van der Waals surface area contributed by atoms with Crippen LogP contribution in [0, 0.1) is 11.8 Å². The van der Waals surface area contributed by atoms with Crippen molar-refractivity contribution in [2.75, 3.05) is 0 Å². The molecule has 1 fully saturated rings. The number of benzene rings is 2. The van der Waals surface area contributed by atoms with Crippen molar-refractivity contribution in [3.8, 4) is 0 Å². The number of hydrogen-bond donors (Lipinski definition) is 1. The fourth-order valence-electron chi connectivity index (χ4n) is 4.75. The number of halogens is 1. The monoisotopic (exact) mass is 383 g/mol. The zero-order valence-corrected chi connectivity index (χ0v) is 17.8. The lowest BCUT2D eigenvalue weighted by Gasteiger charge is -2.38. The molecular weight excluding hydrogens is 350 g/mol. The van der Waals surface area contributed by atoms with Gasteiger partial charge in [0.2, 0.25) is 0 Å². The Balaban J connectivity index is 1.79. The van der Waals surface area contributed by atoms with E-state index in [4.69, 9.17) is 17.3 Å². The van der Waals surface area contributed by atoms with Gasteiger partial charge < -0.3 is 5.73 Å². The van der Waals surface area contributed by atoms with Crippen LogP contribution in [0.5, 0.6) is 0 Å². The highest BCUT2D eigenvalue weighted by Gasteiger charge is 2.33. The Morgan fingerprint density at radius 3 is 2.37 bits per heavy atom. The SMILES string of the molecule is CCCc1ccc(Cc2cc(C3CC(CC)C(N)CC3C)ccc2Cl)cc1. The number of aryl methyl sites for hydroxylation is 1. The van der Waals surface area contributed by atoms with Gasteiger partial charge in [0.05, 0.1) is 0 Å². The Hall–Kier alpha value is -1.31. The van der Waals surface area contributed by atoms with Crippen molar-refractivity contribution in [2.45, 2.75) is 71.3 Å². The summed E-state index contributed by atoms with van der Waals surface area (Å²) in [6, 6.07) is 16.1. The zero-order chi connectivity index (χ0) is 19.4. The van der Waals surface area contributed by atoms with Crippen LogP contribution >= 0.6 is 11.6 Å². The van der Waals surface area contributed by atoms with Crippen LogP contribution in [0.2, 0.25) is 5.02 Å². The van der Waals surface area contributed by atoms with Gasteiger partial charge in [-0.25, -0.2) is 0 Å². The summed E-state index contributed by atoms with van der Waals surface area (Å²) < 4.78 is 0. The molecule has 4 unspecified atom stereocenters. The number of hydrogen-bond acceptors (Lipinski definition) is 1. The van der Waals surface area contributed by atoms with Crippen molar-refractivity contribution in [3.05, 3.63) is 69.7 Å². The van der Waals surface area contributed by atoms with Gasteiger partial charge in [-0.2, -0.15) is 0 Å². The minimum atomic E-state index is 0.356. The average Bonchev–Trinajstić information content (AvgIpc) is 2.66. The van der Waals surface area contributed by atoms with Crippen molar-refractivity contribution in [2.24, 2.45) is 17.6 Å². The fraction of sp³-hybridized carbons (Fsp3) is 0.520. The summed E-state index contributed by atoms with van der Waals surface area (Å²) in [6.07, 6.45) is 6.74. The average molecular weight is 384 g/mol. The molecule has 2 N–H and O–H groups in total. The Kier molecular flexibility index (Phi) is 7.00. The first-order valence-electron chi connectivity index (χ1n) is 10.6. The van der Waals surface area contributed by atoms with Gasteiger partial charge in [-0.05, 0) is 71.8 Å². The van der Waals surface area contributed by atoms with Gasteiger partial charge in [0.15, 0.2) is 0 Å². The van der Waals surface area contributed by atoms with Gasteiger partial charge in [0.25, 0.3) is 0 Å². The van der Waals surface area contributed by atoms with E-state index < -0.39 is 0 Å². The Labute approximate surface area is 170 Å². The van der Waals surface area contributed by atoms with Gasteiger partial charge >= 0.3 is 0 Å². The second kappa shape index (κ2) is 9.26. The molecule has 0 bridgehead atoms. The third-order valence-corrected chi connectivity index (χ3v) is 6.84. The lowest BCUT2D eigenvalue weighted by Crippen LogP contribution is -2.39. The summed E-state index contributed by atoms with van der Waals surface area (Å²) >= 11 is 6.56. The van der Waals surface area contributed by atoms with Crippen molar-refractivity contribution < 1.29 is 0 Å². The molecule has 0 amide bonds. The molecule has 0 spiro atoms. The lowest BCUT2D eigenvalue weighted by molar-refractivity contribution is 0.212. The van der Waals surface area contributed by atoms with Gasteiger partial charge in [-0.1, -0.05) is 81.6 Å². The van der Waals surface area contributed by atoms with E-state index in [1.807, 2.05) is 0 Å². The maximum absolute atomic E-state index is 6.56. The van der Waals surface area contributed by atoms with Gasteiger partial charge in [-0.3, -0.25) is 0 Å². The summed E-state index contributed by atoms with van der Waals surface area (Å²) in [6.45, 7) is 6.85. The van der Waals surface area contributed by atoms with Crippen molar-refractivity contribution in [1.29, 1.82) is 0 Å². The van der Waals surface area contributed by atoms with Gasteiger partial charge in [0.1, 0.15) is 0 Å². The molecule has 0 aromatic heterocycles. The van der Waals surface area contributed by atoms with Crippen LogP contribution in [0.1, 0.15) is 74.6 Å². The standard InChI is InChI=1S/C25H34ClN/c1-4-6-18-7-9-19(10-8-18)14-22-15-21(11-12-24(22)26)23-16-20(5-2)25(27)13-17(23)3/h7-12,15,17,20,23,25H,4-6,13-14,16,27H2,1-3H3. The quantitative estimate of drug-likeness (QED) is 0.586. The molecule has 146 valence electrons. The Morgan fingerprint density at radius 1 is 1.00 bits per heavy atom. The van der Waals surface area contributed by atoms with E-state index in [1.54, 1.807) is 0 Å². The second-order valence-corrected chi connectivity index (χ2v) is 8.89. The van der Waals surface area contributed by atoms with Crippen LogP contribution in [0.4, 0.5) is 0 Å². The molecule has 3 rings (SSSR count). The summed E-state index contributed by atoms with van der Waals surface area (Å²) in [5, 5.41) is 0.878. The molecule has 0 aliphatic heterocycles. The van der Waals surface area contributed by atoms with E-state index in [9.17, 15) is 0 Å². The van der Waals surface area contributed by atoms with Crippen LogP contribution in [0.15, 0.2) is 42.5 Å². The minimum Gasteiger partial charge on any atom is -0.327 e. The first kappa shape index (κ1) is 20.4. The fourth-order valence-corrected chi connectivity index (χ4v) is 4.93. The predicted molar refractivity (Wildman–Crippen MR) is 118 cm³/mol. The highest BCUT2D eigenvalue weighted by atomic mass is 35.5. The summed E-state index contributed by atoms with van der Waals surface area (Å²) in [5.74, 6) is 1.86. The van der Waals surface area contributed by atoms with Gasteiger partial charge in [0, 0.05) is 11.1 Å². The first-order chi connectivity index (χ1) is 13.0. The molecule has 1 nitrogen and oxygen atoms in total. The van der Waals surface area contributed by atoms with E-state index in [0.29, 0.717) is 23.8 Å². The molecule has 2 aromatic carbocycles. The third kappa shape index (κ3) is 4.95. The van der Waals surface area contributed by atoms with Crippen LogP contribution in [0.25, 0.3) is 0 Å². The Bertz CT molecular complexity index is 736. The van der Waals surface area contributed by atoms with E-state index in [0.717, 1.165) is 24.3 Å². The van der Waals surface area contributed by atoms with E-state index in [-0.39, 0.29) is 0 Å². The molecule has 1 aliphatic carbocycles. The molecule has 0 saturated heterocycles. The third-order valence-electron chi connectivity index (χ3n) is 6.47. The van der Waals surface area contributed by atoms with E-state index in [2.05, 4.69) is 63.2 Å². The van der Waals surface area contributed by atoms with Crippen molar-refractivity contribution in [1.82, 2.24) is 0 Å². The molecule has 2 aromatic rings. The van der Waals surface area contributed by atoms with Crippen LogP contribution in [-0.4, -0.2) is 6.04 Å². The second-order valence-electron chi connectivity index (χ2n) is 8.48. The molecule has 2 heteroatoms. The summed E-state index contributed by atoms with van der Waals surface area (Å²) in [4.78, 5) is 0. The molecule has 1 aliphatic rings. The maximum Gasteiger partial charge on any atom is 0.0441 e. The topological polar surface area (TPSA) is 26.0 Å². The molecule has 27 heavy (non-hydrogen) atoms. The van der Waals surface area contributed by atoms with Crippen molar-refractivity contribution in [3.63, 3.8) is 0 Å². The first-order valence-corrected chi connectivity index (χ1v) is 11.0. The molecular formula is C25H34ClN. The van der Waals surface area contributed by atoms with Crippen LogP contribution < -0.4 is 5.73 Å². The molecule has 0 radical (unpaired) electrons. The largest absolute Gasteiger partial charge is 0.327 e. The smallest absolute Gasteiger partial charge is 0.0441 e. The lowest BCUT2D eigenvalue weighted by atomic mass is 9.69. The zero-order valence-electron chi connectivity index (χ0n) is 17.0. The summed E-state index contributed by atoms with van der Waals surface area (Å²) in [7, 11) is 0. The summed E-state index contributed by atoms with van der Waals surface area (Å²) in [5.41, 5.74) is 11.8. The maximum atomic E-state index is 6.56. The predicted octanol–water partition coefficient (Wildman–Crippen LogP) is 6.75. The molecule has 1 saturated carbocycles. The number of nitrogens with two attached hydrogens (primary N) is 1. The molecule has 0 heterocycles. The van der Waals surface area contributed by atoms with Crippen molar-refractivity contribution >= 4 is 11.6 Å². The minimum absolute atomic E-state index is 0.356. The van der Waals surface area contributed by atoms with E-state index in [1.165, 1.54) is 41.5 Å². The molecule has 4 atom stereocenters. The highest BCUT2D eigenvalue weighted by molar-refractivity contribution is 6.31. The number of rotatable bonds is 6. The normalized spacial score (nSPS) is 25.5. The van der Waals surface area contributed by atoms with Crippen LogP contribution in [-0.2, 0) is 12.8 Å². The van der Waals surface area contributed by atoms with Gasteiger partial charge in [-0.15, -0.1) is 0 Å². The Morgan fingerprint density at radius 2 is 1.70 bits per heavy atom. The highest BCUT2D eigenvalue weighted by Crippen LogP contribution is 2.41. The van der Waals surface area contributed by atoms with Crippen LogP contribution in [0.3, 0.4) is 0 Å². The van der Waals surface area contributed by atoms with E-state index >= 15 is 0 Å².